The molecule has 3 aromatic rings. The normalized spacial score (nSPS) is 11.2. The molecule has 0 aliphatic heterocycles. The van der Waals surface area contributed by atoms with E-state index in [-0.39, 0.29) is 28.4 Å². The van der Waals surface area contributed by atoms with Crippen molar-refractivity contribution in [2.45, 2.75) is 13.0 Å². The Balaban J connectivity index is 1.50. The topological polar surface area (TPSA) is 141 Å². The van der Waals surface area contributed by atoms with Gasteiger partial charge in [0.2, 0.25) is 0 Å². The molecule has 34 heavy (non-hydrogen) atoms. The molecule has 0 saturated heterocycles. The molecule has 0 aliphatic carbocycles. The third kappa shape index (κ3) is 7.89. The average molecular weight is 614 g/mol. The molecule has 0 atom stereocenters. The van der Waals surface area contributed by atoms with E-state index < -0.39 is 5.91 Å². The molecule has 1 heterocycles. The Morgan fingerprint density at radius 1 is 1.15 bits per heavy atom. The SMILES string of the molecule is N/C(=N\C(=O)c1nc(Cl)c(NCc2ccc(I)cc2)nc1N)NCCCOc1cccc(Cl)c1. The van der Waals surface area contributed by atoms with Crippen molar-refractivity contribution >= 4 is 69.3 Å². The van der Waals surface area contributed by atoms with E-state index in [1.807, 2.05) is 30.3 Å². The zero-order valence-corrected chi connectivity index (χ0v) is 21.6. The fourth-order valence-electron chi connectivity index (χ4n) is 2.72. The number of ether oxygens (including phenoxy) is 1. The van der Waals surface area contributed by atoms with Crippen LogP contribution < -0.4 is 26.8 Å². The van der Waals surface area contributed by atoms with Gasteiger partial charge < -0.3 is 26.8 Å². The first kappa shape index (κ1) is 25.8. The molecule has 0 spiro atoms. The highest BCUT2D eigenvalue weighted by Crippen LogP contribution is 2.22. The van der Waals surface area contributed by atoms with E-state index >= 15 is 0 Å². The number of anilines is 2. The van der Waals surface area contributed by atoms with Gasteiger partial charge in [-0.3, -0.25) is 4.79 Å². The zero-order valence-electron chi connectivity index (χ0n) is 17.9. The van der Waals surface area contributed by atoms with Gasteiger partial charge >= 0.3 is 5.91 Å². The van der Waals surface area contributed by atoms with Gasteiger partial charge in [-0.1, -0.05) is 41.4 Å². The number of carbonyl (C=O) groups is 1. The number of nitrogens with one attached hydrogen (secondary N) is 2. The van der Waals surface area contributed by atoms with Gasteiger partial charge in [0.05, 0.1) is 6.61 Å². The fourth-order valence-corrected chi connectivity index (χ4v) is 3.46. The minimum Gasteiger partial charge on any atom is -0.493 e. The largest absolute Gasteiger partial charge is 0.493 e. The predicted molar refractivity (Wildman–Crippen MR) is 143 cm³/mol. The minimum atomic E-state index is -0.753. The lowest BCUT2D eigenvalue weighted by Gasteiger charge is -2.10. The number of nitrogens with zero attached hydrogens (tertiary/aromatic N) is 3. The van der Waals surface area contributed by atoms with Crippen LogP contribution in [0, 0.1) is 3.57 Å². The molecule has 9 nitrogen and oxygen atoms in total. The summed E-state index contributed by atoms with van der Waals surface area (Å²) in [6.45, 7) is 1.33. The molecule has 0 saturated carbocycles. The van der Waals surface area contributed by atoms with Crippen molar-refractivity contribution in [1.82, 2.24) is 15.3 Å². The first-order valence-electron chi connectivity index (χ1n) is 10.1. The van der Waals surface area contributed by atoms with Gasteiger partial charge in [-0.2, -0.15) is 4.99 Å². The number of rotatable bonds is 9. The molecule has 1 aromatic heterocycles. The Morgan fingerprint density at radius 2 is 1.91 bits per heavy atom. The van der Waals surface area contributed by atoms with Crippen LogP contribution in [0.5, 0.6) is 5.75 Å². The summed E-state index contributed by atoms with van der Waals surface area (Å²) in [5.41, 5.74) is 12.5. The summed E-state index contributed by atoms with van der Waals surface area (Å²) < 4.78 is 6.72. The number of benzene rings is 2. The van der Waals surface area contributed by atoms with E-state index in [2.05, 4.69) is 48.2 Å². The van der Waals surface area contributed by atoms with E-state index in [0.717, 1.165) is 9.13 Å². The Morgan fingerprint density at radius 3 is 2.65 bits per heavy atom. The average Bonchev–Trinajstić information content (AvgIpc) is 2.80. The van der Waals surface area contributed by atoms with Crippen molar-refractivity contribution in [1.29, 1.82) is 0 Å². The van der Waals surface area contributed by atoms with Gasteiger partial charge in [-0.15, -0.1) is 0 Å². The van der Waals surface area contributed by atoms with Crippen LogP contribution >= 0.6 is 45.8 Å². The number of nitrogens with two attached hydrogens (primary N) is 2. The van der Waals surface area contributed by atoms with E-state index in [4.69, 9.17) is 39.4 Å². The van der Waals surface area contributed by atoms with Crippen LogP contribution in [0.3, 0.4) is 0 Å². The second kappa shape index (κ2) is 12.6. The van der Waals surface area contributed by atoms with Crippen LogP contribution in [0.25, 0.3) is 0 Å². The number of carbonyl (C=O) groups excluding carboxylic acids is 1. The number of nitrogen functional groups attached to an aromatic ring is 1. The minimum absolute atomic E-state index is 0.00274. The molecule has 12 heteroatoms. The van der Waals surface area contributed by atoms with Crippen molar-refractivity contribution in [3.05, 3.63) is 73.5 Å². The standard InChI is InChI=1S/C22H22Cl2IN7O2/c23-14-3-1-4-16(11-14)34-10-2-9-28-22(27)32-21(33)17-19(26)31-20(18(24)30-17)29-12-13-5-7-15(25)8-6-13/h1,3-8,11H,2,9-10,12H2,(H3,26,29,31)(H3,27,28,32,33). The lowest BCUT2D eigenvalue weighted by atomic mass is 10.2. The van der Waals surface area contributed by atoms with Crippen LogP contribution in [0.15, 0.2) is 53.5 Å². The van der Waals surface area contributed by atoms with Gasteiger partial charge in [0.25, 0.3) is 0 Å². The molecule has 0 radical (unpaired) electrons. The molecule has 3 rings (SSSR count). The van der Waals surface area contributed by atoms with Gasteiger partial charge in [0.1, 0.15) is 5.75 Å². The first-order valence-corrected chi connectivity index (χ1v) is 12.0. The Bertz CT molecular complexity index is 1180. The maximum Gasteiger partial charge on any atom is 0.302 e. The summed E-state index contributed by atoms with van der Waals surface area (Å²) in [5, 5.41) is 6.50. The third-order valence-corrected chi connectivity index (χ3v) is 5.59. The number of hydrogen-bond acceptors (Lipinski definition) is 6. The Labute approximate surface area is 220 Å². The number of halogens is 3. The summed E-state index contributed by atoms with van der Waals surface area (Å²) in [7, 11) is 0. The molecule has 0 fully saturated rings. The third-order valence-electron chi connectivity index (χ3n) is 4.37. The Hall–Kier alpha value is -2.83. The lowest BCUT2D eigenvalue weighted by molar-refractivity contribution is 0.0998. The summed E-state index contributed by atoms with van der Waals surface area (Å²) in [6.07, 6.45) is 0.617. The highest BCUT2D eigenvalue weighted by molar-refractivity contribution is 14.1. The molecule has 0 unspecified atom stereocenters. The molecular formula is C22H22Cl2IN7O2. The molecule has 0 aliphatic rings. The molecule has 178 valence electrons. The fraction of sp³-hybridized carbons (Fsp3) is 0.182. The van der Waals surface area contributed by atoms with Crippen molar-refractivity contribution in [2.24, 2.45) is 10.7 Å². The number of guanidine groups is 1. The van der Waals surface area contributed by atoms with Crippen LogP contribution in [0.1, 0.15) is 22.5 Å². The van der Waals surface area contributed by atoms with E-state index in [0.29, 0.717) is 36.9 Å². The van der Waals surface area contributed by atoms with Crippen molar-refractivity contribution < 1.29 is 9.53 Å². The van der Waals surface area contributed by atoms with E-state index in [1.54, 1.807) is 18.2 Å². The monoisotopic (exact) mass is 613 g/mol. The van der Waals surface area contributed by atoms with Crippen LogP contribution in [-0.2, 0) is 6.54 Å². The van der Waals surface area contributed by atoms with Crippen molar-refractivity contribution in [3.8, 4) is 5.75 Å². The maximum atomic E-state index is 12.4. The van der Waals surface area contributed by atoms with Gasteiger partial charge in [0.15, 0.2) is 28.4 Å². The number of aromatic nitrogens is 2. The molecule has 0 bridgehead atoms. The summed E-state index contributed by atoms with van der Waals surface area (Å²) in [6, 6.07) is 15.0. The highest BCUT2D eigenvalue weighted by Gasteiger charge is 2.17. The maximum absolute atomic E-state index is 12.4. The van der Waals surface area contributed by atoms with Gasteiger partial charge in [-0.05, 0) is 64.9 Å². The zero-order chi connectivity index (χ0) is 24.5. The van der Waals surface area contributed by atoms with Gasteiger partial charge in [-0.25, -0.2) is 9.97 Å². The van der Waals surface area contributed by atoms with Crippen molar-refractivity contribution in [3.63, 3.8) is 0 Å². The quantitative estimate of drug-likeness (QED) is 0.122. The number of hydrogen-bond donors (Lipinski definition) is 4. The number of aliphatic imine (C=N–C) groups is 1. The van der Waals surface area contributed by atoms with Crippen LogP contribution in [0.4, 0.5) is 11.6 Å². The molecular weight excluding hydrogens is 592 g/mol. The Kier molecular flexibility index (Phi) is 9.54. The van der Waals surface area contributed by atoms with Gasteiger partial charge in [0, 0.05) is 21.7 Å². The smallest absolute Gasteiger partial charge is 0.302 e. The molecule has 6 N–H and O–H groups in total. The second-order valence-electron chi connectivity index (χ2n) is 6.97. The van der Waals surface area contributed by atoms with E-state index in [9.17, 15) is 4.79 Å². The predicted octanol–water partition coefficient (Wildman–Crippen LogP) is 4.10. The van der Waals surface area contributed by atoms with E-state index in [1.165, 1.54) is 0 Å². The highest BCUT2D eigenvalue weighted by atomic mass is 127. The molecule has 1 amide bonds. The summed E-state index contributed by atoms with van der Waals surface area (Å²) in [5.74, 6) is 0.00371. The number of amides is 1. The van der Waals surface area contributed by atoms with Crippen LogP contribution in [0.2, 0.25) is 10.2 Å². The lowest BCUT2D eigenvalue weighted by Crippen LogP contribution is -2.34. The van der Waals surface area contributed by atoms with Crippen molar-refractivity contribution in [2.75, 3.05) is 24.2 Å². The molecule has 2 aromatic carbocycles. The van der Waals surface area contributed by atoms with Crippen LogP contribution in [-0.4, -0.2) is 35.0 Å². The first-order chi connectivity index (χ1) is 16.3. The summed E-state index contributed by atoms with van der Waals surface area (Å²) >= 11 is 14.3. The second-order valence-corrected chi connectivity index (χ2v) is 9.01. The summed E-state index contributed by atoms with van der Waals surface area (Å²) in [4.78, 5) is 24.4.